The summed E-state index contributed by atoms with van der Waals surface area (Å²) in [6.07, 6.45) is 3.06. The molecule has 0 amide bonds. The molecule has 3 rings (SSSR count). The number of rotatable bonds is 9. The van der Waals surface area contributed by atoms with Crippen LogP contribution in [0.4, 0.5) is 0 Å². The largest absolute Gasteiger partial charge is 0.381 e. The van der Waals surface area contributed by atoms with Gasteiger partial charge in [0.25, 0.3) is 0 Å². The van der Waals surface area contributed by atoms with E-state index in [1.807, 2.05) is 7.05 Å². The standard InChI is InChI=1S/C21H32N4O2.HI/c1-16-18(19-6-3-4-7-20(19)25-16)8-11-24-21(22-2)23-10-5-12-26-14-17-9-13-27-15-17;/h3-4,6-7,17,25H,5,8-15H2,1-2H3,(H2,22,23,24);1H. The quantitative estimate of drug-likeness (QED) is 0.214. The Hall–Kier alpha value is -1.32. The van der Waals surface area contributed by atoms with E-state index in [1.165, 1.54) is 22.2 Å². The zero-order chi connectivity index (χ0) is 18.9. The third-order valence-electron chi connectivity index (χ3n) is 5.05. The van der Waals surface area contributed by atoms with E-state index in [1.54, 1.807) is 0 Å². The molecule has 0 aliphatic carbocycles. The number of nitrogens with one attached hydrogen (secondary N) is 3. The number of H-pyrrole nitrogens is 1. The van der Waals surface area contributed by atoms with Crippen LogP contribution in [0.25, 0.3) is 10.9 Å². The lowest BCUT2D eigenvalue weighted by molar-refractivity contribution is 0.0888. The van der Waals surface area contributed by atoms with Crippen LogP contribution in [0, 0.1) is 12.8 Å². The summed E-state index contributed by atoms with van der Waals surface area (Å²) in [5.74, 6) is 1.43. The first-order valence-electron chi connectivity index (χ1n) is 9.94. The van der Waals surface area contributed by atoms with Crippen molar-refractivity contribution in [2.75, 3.05) is 46.6 Å². The fourth-order valence-corrected chi connectivity index (χ4v) is 3.53. The van der Waals surface area contributed by atoms with Crippen molar-refractivity contribution in [2.45, 2.75) is 26.2 Å². The number of halogens is 1. The smallest absolute Gasteiger partial charge is 0.190 e. The maximum absolute atomic E-state index is 5.73. The van der Waals surface area contributed by atoms with Crippen molar-refractivity contribution in [3.05, 3.63) is 35.5 Å². The van der Waals surface area contributed by atoms with Crippen molar-refractivity contribution in [1.29, 1.82) is 0 Å². The maximum atomic E-state index is 5.73. The lowest BCUT2D eigenvalue weighted by Crippen LogP contribution is -2.39. The number of ether oxygens (including phenoxy) is 2. The summed E-state index contributed by atoms with van der Waals surface area (Å²) in [6.45, 7) is 7.17. The molecule has 0 bridgehead atoms. The van der Waals surface area contributed by atoms with Gasteiger partial charge in [0.15, 0.2) is 5.96 Å². The minimum atomic E-state index is 0. The molecule has 1 aliphatic heterocycles. The summed E-state index contributed by atoms with van der Waals surface area (Å²) in [5.41, 5.74) is 3.82. The molecule has 1 aromatic carbocycles. The van der Waals surface area contributed by atoms with Crippen LogP contribution in [0.5, 0.6) is 0 Å². The van der Waals surface area contributed by atoms with Crippen molar-refractivity contribution >= 4 is 40.8 Å². The third-order valence-corrected chi connectivity index (χ3v) is 5.05. The van der Waals surface area contributed by atoms with Crippen LogP contribution in [-0.2, 0) is 15.9 Å². The van der Waals surface area contributed by atoms with E-state index < -0.39 is 0 Å². The molecule has 6 nitrogen and oxygen atoms in total. The van der Waals surface area contributed by atoms with Crippen LogP contribution in [0.1, 0.15) is 24.1 Å². The van der Waals surface area contributed by atoms with Gasteiger partial charge in [0, 0.05) is 55.9 Å². The number of aryl methyl sites for hydroxylation is 1. The number of aliphatic imine (C=N–C) groups is 1. The fraction of sp³-hybridized carbons (Fsp3) is 0.571. The number of guanidine groups is 1. The lowest BCUT2D eigenvalue weighted by atomic mass is 10.1. The molecule has 7 heteroatoms. The Morgan fingerprint density at radius 1 is 1.29 bits per heavy atom. The van der Waals surface area contributed by atoms with Gasteiger partial charge < -0.3 is 25.1 Å². The van der Waals surface area contributed by atoms with Crippen molar-refractivity contribution in [3.63, 3.8) is 0 Å². The van der Waals surface area contributed by atoms with Crippen LogP contribution in [0.15, 0.2) is 29.3 Å². The van der Waals surface area contributed by atoms with Crippen molar-refractivity contribution in [1.82, 2.24) is 15.6 Å². The molecule has 0 saturated carbocycles. The Kier molecular flexibility index (Phi) is 10.1. The third kappa shape index (κ3) is 6.63. The second kappa shape index (κ2) is 12.3. The second-order valence-corrected chi connectivity index (χ2v) is 7.11. The van der Waals surface area contributed by atoms with E-state index >= 15 is 0 Å². The van der Waals surface area contributed by atoms with E-state index in [9.17, 15) is 0 Å². The molecule has 1 unspecified atom stereocenters. The summed E-state index contributed by atoms with van der Waals surface area (Å²) in [4.78, 5) is 7.76. The molecule has 2 aromatic rings. The summed E-state index contributed by atoms with van der Waals surface area (Å²) < 4.78 is 11.1. The monoisotopic (exact) mass is 500 g/mol. The Morgan fingerprint density at radius 2 is 2.11 bits per heavy atom. The number of aromatic nitrogens is 1. The van der Waals surface area contributed by atoms with E-state index in [0.29, 0.717) is 5.92 Å². The van der Waals surface area contributed by atoms with Gasteiger partial charge in [-0.2, -0.15) is 0 Å². The Labute approximate surface area is 184 Å². The van der Waals surface area contributed by atoms with E-state index in [0.717, 1.165) is 64.7 Å². The Balaban J connectivity index is 0.00000280. The van der Waals surface area contributed by atoms with Gasteiger partial charge in [-0.1, -0.05) is 18.2 Å². The van der Waals surface area contributed by atoms with E-state index in [-0.39, 0.29) is 24.0 Å². The second-order valence-electron chi connectivity index (χ2n) is 7.11. The molecule has 2 heterocycles. The van der Waals surface area contributed by atoms with Crippen molar-refractivity contribution in [3.8, 4) is 0 Å². The van der Waals surface area contributed by atoms with Gasteiger partial charge in [0.2, 0.25) is 0 Å². The molecule has 156 valence electrons. The van der Waals surface area contributed by atoms with Gasteiger partial charge >= 0.3 is 0 Å². The number of hydrogen-bond donors (Lipinski definition) is 3. The molecule has 1 saturated heterocycles. The highest BCUT2D eigenvalue weighted by Gasteiger charge is 2.15. The van der Waals surface area contributed by atoms with Gasteiger partial charge in [-0.3, -0.25) is 4.99 Å². The average molecular weight is 500 g/mol. The first-order chi connectivity index (χ1) is 13.3. The molecular formula is C21H33IN4O2. The highest BCUT2D eigenvalue weighted by Crippen LogP contribution is 2.21. The van der Waals surface area contributed by atoms with Gasteiger partial charge in [0.1, 0.15) is 0 Å². The van der Waals surface area contributed by atoms with Gasteiger partial charge in [0.05, 0.1) is 13.2 Å². The number of nitrogens with zero attached hydrogens (tertiary/aromatic N) is 1. The van der Waals surface area contributed by atoms with Crippen LogP contribution in [0.3, 0.4) is 0 Å². The zero-order valence-corrected chi connectivity index (χ0v) is 19.3. The molecule has 1 fully saturated rings. The van der Waals surface area contributed by atoms with Crippen LogP contribution in [-0.4, -0.2) is 57.5 Å². The molecular weight excluding hydrogens is 467 g/mol. The summed E-state index contributed by atoms with van der Waals surface area (Å²) in [6, 6.07) is 8.46. The van der Waals surface area contributed by atoms with Crippen molar-refractivity contribution in [2.24, 2.45) is 10.9 Å². The first-order valence-corrected chi connectivity index (χ1v) is 9.94. The molecule has 1 aliphatic rings. The number of para-hydroxylation sites is 1. The first kappa shape index (κ1) is 23.0. The predicted molar refractivity (Wildman–Crippen MR) is 126 cm³/mol. The molecule has 1 atom stereocenters. The normalized spacial score (nSPS) is 16.9. The Bertz CT molecular complexity index is 741. The summed E-state index contributed by atoms with van der Waals surface area (Å²) in [7, 11) is 1.81. The Morgan fingerprint density at radius 3 is 2.89 bits per heavy atom. The summed E-state index contributed by atoms with van der Waals surface area (Å²) >= 11 is 0. The summed E-state index contributed by atoms with van der Waals surface area (Å²) in [5, 5.41) is 8.07. The number of hydrogen-bond acceptors (Lipinski definition) is 3. The van der Waals surface area contributed by atoms with Crippen molar-refractivity contribution < 1.29 is 9.47 Å². The highest BCUT2D eigenvalue weighted by molar-refractivity contribution is 14.0. The van der Waals surface area contributed by atoms with Crippen LogP contribution >= 0.6 is 24.0 Å². The van der Waals surface area contributed by atoms with Crippen LogP contribution in [0.2, 0.25) is 0 Å². The topological polar surface area (TPSA) is 70.7 Å². The van der Waals surface area contributed by atoms with E-state index in [4.69, 9.17) is 9.47 Å². The molecule has 1 aromatic heterocycles. The molecule has 3 N–H and O–H groups in total. The SMILES string of the molecule is CN=C(NCCCOCC1CCOC1)NCCc1c(C)[nH]c2ccccc12.I. The van der Waals surface area contributed by atoms with Gasteiger partial charge in [-0.25, -0.2) is 0 Å². The lowest BCUT2D eigenvalue weighted by Gasteiger charge is -2.13. The molecule has 28 heavy (non-hydrogen) atoms. The van der Waals surface area contributed by atoms with Crippen LogP contribution < -0.4 is 10.6 Å². The maximum Gasteiger partial charge on any atom is 0.190 e. The van der Waals surface area contributed by atoms with Gasteiger partial charge in [-0.05, 0) is 37.8 Å². The van der Waals surface area contributed by atoms with E-state index in [2.05, 4.69) is 51.8 Å². The number of benzene rings is 1. The fourth-order valence-electron chi connectivity index (χ4n) is 3.53. The number of fused-ring (bicyclic) bond motifs is 1. The predicted octanol–water partition coefficient (Wildman–Crippen LogP) is 3.25. The molecule has 0 spiro atoms. The highest BCUT2D eigenvalue weighted by atomic mass is 127. The molecule has 0 radical (unpaired) electrons. The minimum absolute atomic E-state index is 0. The minimum Gasteiger partial charge on any atom is -0.381 e. The zero-order valence-electron chi connectivity index (χ0n) is 16.9. The van der Waals surface area contributed by atoms with Gasteiger partial charge in [-0.15, -0.1) is 24.0 Å². The number of aromatic amines is 1. The average Bonchev–Trinajstić information content (AvgIpc) is 3.30.